The van der Waals surface area contributed by atoms with Gasteiger partial charge in [-0.1, -0.05) is 41.4 Å². The van der Waals surface area contributed by atoms with Crippen LogP contribution in [-0.2, 0) is 0 Å². The summed E-state index contributed by atoms with van der Waals surface area (Å²) < 4.78 is 5.33. The van der Waals surface area contributed by atoms with Crippen molar-refractivity contribution in [1.82, 2.24) is 0 Å². The molecule has 0 atom stereocenters. The third-order valence-corrected chi connectivity index (χ3v) is 4.59. The number of hydrogen-bond acceptors (Lipinski definition) is 2. The Morgan fingerprint density at radius 1 is 1.06 bits per heavy atom. The molecule has 0 fully saturated rings. The fraction of sp³-hybridized carbons (Fsp3) is 0. The average Bonchev–Trinajstić information content (AvgIpc) is 2.36. The van der Waals surface area contributed by atoms with Gasteiger partial charge in [0.1, 0.15) is 0 Å². The first-order valence-electron chi connectivity index (χ1n) is 5.07. The van der Waals surface area contributed by atoms with Gasteiger partial charge >= 0.3 is 0 Å². The van der Waals surface area contributed by atoms with Crippen LogP contribution >= 0.6 is 51.1 Å². The molecule has 0 aliphatic rings. The van der Waals surface area contributed by atoms with Crippen LogP contribution in [0, 0.1) is 0 Å². The molecule has 1 nitrogen and oxygen atoms in total. The Kier molecular flexibility index (Phi) is 5.13. The highest BCUT2D eigenvalue weighted by Crippen LogP contribution is 2.28. The lowest BCUT2D eigenvalue weighted by atomic mass is 10.2. The lowest BCUT2D eigenvalue weighted by molar-refractivity contribution is 1.41. The molecule has 0 unspecified atom stereocenters. The Hall–Kier alpha value is -0.480. The molecule has 0 aliphatic carbocycles. The molecule has 0 amide bonds. The molecule has 0 aromatic heterocycles. The SMILES string of the molecule is Clc1ccc(C=NSc2ccccc2Br)cc1Cl. The van der Waals surface area contributed by atoms with Gasteiger partial charge < -0.3 is 0 Å². The molecule has 0 saturated heterocycles. The molecule has 0 heterocycles. The molecule has 5 heteroatoms. The van der Waals surface area contributed by atoms with Crippen molar-refractivity contribution < 1.29 is 0 Å². The Morgan fingerprint density at radius 3 is 2.56 bits per heavy atom. The van der Waals surface area contributed by atoms with Gasteiger partial charge in [-0.05, 0) is 45.8 Å². The van der Waals surface area contributed by atoms with Gasteiger partial charge in [0.2, 0.25) is 0 Å². The van der Waals surface area contributed by atoms with Crippen LogP contribution in [0.2, 0.25) is 10.0 Å². The topological polar surface area (TPSA) is 12.4 Å². The van der Waals surface area contributed by atoms with E-state index in [4.69, 9.17) is 23.2 Å². The first-order chi connectivity index (χ1) is 8.66. The normalized spacial score (nSPS) is 11.1. The number of rotatable bonds is 3. The van der Waals surface area contributed by atoms with Crippen LogP contribution in [0.3, 0.4) is 0 Å². The highest BCUT2D eigenvalue weighted by atomic mass is 79.9. The molecule has 0 saturated carbocycles. The molecule has 2 rings (SSSR count). The maximum Gasteiger partial charge on any atom is 0.0598 e. The Morgan fingerprint density at radius 2 is 1.83 bits per heavy atom. The predicted octanol–water partition coefficient (Wildman–Crippen LogP) is 5.88. The molecule has 0 bridgehead atoms. The first kappa shape index (κ1) is 13.9. The number of halogens is 3. The van der Waals surface area contributed by atoms with E-state index < -0.39 is 0 Å². The highest BCUT2D eigenvalue weighted by Gasteiger charge is 1.99. The van der Waals surface area contributed by atoms with Crippen molar-refractivity contribution in [1.29, 1.82) is 0 Å². The second-order valence-electron chi connectivity index (χ2n) is 3.43. The van der Waals surface area contributed by atoms with Gasteiger partial charge in [-0.2, -0.15) is 0 Å². The molecular formula is C13H8BrCl2NS. The zero-order valence-electron chi connectivity index (χ0n) is 9.11. The summed E-state index contributed by atoms with van der Waals surface area (Å²) in [6.07, 6.45) is 1.76. The van der Waals surface area contributed by atoms with Crippen molar-refractivity contribution in [3.8, 4) is 0 Å². The van der Waals surface area contributed by atoms with Crippen molar-refractivity contribution in [2.75, 3.05) is 0 Å². The molecule has 0 radical (unpaired) electrons. The maximum atomic E-state index is 5.93. The largest absolute Gasteiger partial charge is 0.219 e. The van der Waals surface area contributed by atoms with Gasteiger partial charge in [-0.3, -0.25) is 0 Å². The van der Waals surface area contributed by atoms with E-state index in [1.165, 1.54) is 11.9 Å². The summed E-state index contributed by atoms with van der Waals surface area (Å²) in [5, 5.41) is 1.08. The molecular weight excluding hydrogens is 353 g/mol. The lowest BCUT2D eigenvalue weighted by Gasteiger charge is -1.99. The summed E-state index contributed by atoms with van der Waals surface area (Å²) in [4.78, 5) is 1.06. The number of nitrogens with zero attached hydrogens (tertiary/aromatic N) is 1. The molecule has 92 valence electrons. The van der Waals surface area contributed by atoms with E-state index in [9.17, 15) is 0 Å². The minimum atomic E-state index is 0.534. The highest BCUT2D eigenvalue weighted by molar-refractivity contribution is 9.10. The van der Waals surface area contributed by atoms with Crippen molar-refractivity contribution in [2.45, 2.75) is 4.90 Å². The first-order valence-corrected chi connectivity index (χ1v) is 7.39. The van der Waals surface area contributed by atoms with Crippen LogP contribution in [0.1, 0.15) is 5.56 Å². The Balaban J connectivity index is 2.08. The van der Waals surface area contributed by atoms with E-state index in [0.717, 1.165) is 14.9 Å². The van der Waals surface area contributed by atoms with Crippen molar-refractivity contribution >= 4 is 57.3 Å². The fourth-order valence-electron chi connectivity index (χ4n) is 1.26. The fourth-order valence-corrected chi connectivity index (χ4v) is 2.65. The second kappa shape index (κ2) is 6.62. The minimum Gasteiger partial charge on any atom is -0.219 e. The summed E-state index contributed by atoms with van der Waals surface area (Å²) in [5.41, 5.74) is 0.920. The van der Waals surface area contributed by atoms with E-state index in [0.29, 0.717) is 10.0 Å². The van der Waals surface area contributed by atoms with Crippen LogP contribution in [0.5, 0.6) is 0 Å². The zero-order valence-corrected chi connectivity index (χ0v) is 13.0. The summed E-state index contributed by atoms with van der Waals surface area (Å²) in [6.45, 7) is 0. The van der Waals surface area contributed by atoms with Crippen molar-refractivity contribution in [2.24, 2.45) is 4.40 Å². The quantitative estimate of drug-likeness (QED) is 0.491. The van der Waals surface area contributed by atoms with Crippen LogP contribution in [0.15, 0.2) is 56.2 Å². The monoisotopic (exact) mass is 359 g/mol. The van der Waals surface area contributed by atoms with E-state index in [1.807, 2.05) is 30.3 Å². The van der Waals surface area contributed by atoms with E-state index in [2.05, 4.69) is 20.3 Å². The molecule has 0 aliphatic heterocycles. The standard InChI is InChI=1S/C13H8BrCl2NS/c14-10-3-1-2-4-13(10)18-17-8-9-5-6-11(15)12(16)7-9/h1-8H. The minimum absolute atomic E-state index is 0.534. The third-order valence-electron chi connectivity index (χ3n) is 2.13. The molecule has 2 aromatic rings. The van der Waals surface area contributed by atoms with E-state index >= 15 is 0 Å². The van der Waals surface area contributed by atoms with Gasteiger partial charge in [0.25, 0.3) is 0 Å². The third kappa shape index (κ3) is 3.75. The van der Waals surface area contributed by atoms with E-state index in [-0.39, 0.29) is 0 Å². The van der Waals surface area contributed by atoms with Gasteiger partial charge in [0.05, 0.1) is 10.0 Å². The Bertz CT molecular complexity index is 587. The second-order valence-corrected chi connectivity index (χ2v) is 5.93. The van der Waals surface area contributed by atoms with Gasteiger partial charge in [-0.15, -0.1) is 0 Å². The smallest absolute Gasteiger partial charge is 0.0598 e. The van der Waals surface area contributed by atoms with Crippen LogP contribution in [-0.4, -0.2) is 6.21 Å². The molecule has 0 N–H and O–H groups in total. The molecule has 18 heavy (non-hydrogen) atoms. The van der Waals surface area contributed by atoms with Crippen LogP contribution < -0.4 is 0 Å². The summed E-state index contributed by atoms with van der Waals surface area (Å²) in [5.74, 6) is 0. The molecule has 0 spiro atoms. The summed E-state index contributed by atoms with van der Waals surface area (Å²) >= 11 is 16.6. The van der Waals surface area contributed by atoms with Crippen LogP contribution in [0.25, 0.3) is 0 Å². The predicted molar refractivity (Wildman–Crippen MR) is 84.1 cm³/mol. The Labute approximate surface area is 128 Å². The van der Waals surface area contributed by atoms with Gasteiger partial charge in [0.15, 0.2) is 0 Å². The number of benzene rings is 2. The van der Waals surface area contributed by atoms with Gasteiger partial charge in [0, 0.05) is 27.5 Å². The van der Waals surface area contributed by atoms with E-state index in [1.54, 1.807) is 18.3 Å². The van der Waals surface area contributed by atoms with Gasteiger partial charge in [-0.25, -0.2) is 4.40 Å². The zero-order chi connectivity index (χ0) is 13.0. The summed E-state index contributed by atoms with van der Waals surface area (Å²) in [7, 11) is 0. The summed E-state index contributed by atoms with van der Waals surface area (Å²) in [6, 6.07) is 13.3. The lowest BCUT2D eigenvalue weighted by Crippen LogP contribution is -1.80. The maximum absolute atomic E-state index is 5.93. The molecule has 2 aromatic carbocycles. The van der Waals surface area contributed by atoms with Crippen molar-refractivity contribution in [3.63, 3.8) is 0 Å². The average molecular weight is 361 g/mol. The number of hydrogen-bond donors (Lipinski definition) is 0. The van der Waals surface area contributed by atoms with Crippen molar-refractivity contribution in [3.05, 3.63) is 62.5 Å². The van der Waals surface area contributed by atoms with Crippen LogP contribution in [0.4, 0.5) is 0 Å².